The summed E-state index contributed by atoms with van der Waals surface area (Å²) in [7, 11) is 0. The van der Waals surface area contributed by atoms with Gasteiger partial charge in [0.05, 0.1) is 16.0 Å². The number of nitrogens with zero attached hydrogens (tertiary/aromatic N) is 5. The van der Waals surface area contributed by atoms with E-state index >= 15 is 0 Å². The number of para-hydroxylation sites is 1. The number of ether oxygens (including phenoxy) is 1. The number of rotatable bonds is 6. The Labute approximate surface area is 233 Å². The monoisotopic (exact) mass is 570 g/mol. The fraction of sp³-hybridized carbons (Fsp3) is 0.357. The number of thiazole rings is 1. The molecule has 210 valence electrons. The number of halogens is 3. The van der Waals surface area contributed by atoms with Crippen LogP contribution in [0, 0.1) is 0 Å². The second kappa shape index (κ2) is 11.0. The molecule has 3 heterocycles. The molecular formula is C28H29F3N6O2S. The average Bonchev–Trinajstić information content (AvgIpc) is 3.30. The van der Waals surface area contributed by atoms with Crippen LogP contribution in [0.5, 0.6) is 11.6 Å². The highest BCUT2D eigenvalue weighted by molar-refractivity contribution is 7.22. The van der Waals surface area contributed by atoms with E-state index in [9.17, 15) is 18.0 Å². The van der Waals surface area contributed by atoms with Gasteiger partial charge in [0.2, 0.25) is 17.7 Å². The molecule has 1 unspecified atom stereocenters. The molecule has 0 radical (unpaired) electrons. The molecule has 1 aliphatic heterocycles. The number of amides is 1. The zero-order valence-electron chi connectivity index (χ0n) is 22.5. The summed E-state index contributed by atoms with van der Waals surface area (Å²) in [6, 6.07) is 12.6. The predicted octanol–water partition coefficient (Wildman–Crippen LogP) is 6.44. The molecule has 2 aromatic heterocycles. The molecule has 0 spiro atoms. The van der Waals surface area contributed by atoms with E-state index in [0.717, 1.165) is 23.4 Å². The van der Waals surface area contributed by atoms with Crippen molar-refractivity contribution >= 4 is 38.5 Å². The van der Waals surface area contributed by atoms with E-state index in [-0.39, 0.29) is 17.8 Å². The van der Waals surface area contributed by atoms with Gasteiger partial charge in [0.25, 0.3) is 0 Å². The van der Waals surface area contributed by atoms with Gasteiger partial charge in [-0.05, 0) is 45.0 Å². The summed E-state index contributed by atoms with van der Waals surface area (Å²) in [5.41, 5.74) is 0.782. The first-order valence-electron chi connectivity index (χ1n) is 12.9. The Morgan fingerprint density at radius 2 is 1.85 bits per heavy atom. The van der Waals surface area contributed by atoms with Crippen molar-refractivity contribution in [3.63, 3.8) is 0 Å². The summed E-state index contributed by atoms with van der Waals surface area (Å²) in [5.74, 6) is 0.883. The van der Waals surface area contributed by atoms with Crippen LogP contribution in [-0.4, -0.2) is 57.5 Å². The summed E-state index contributed by atoms with van der Waals surface area (Å²) < 4.78 is 46.6. The Kier molecular flexibility index (Phi) is 7.65. The van der Waals surface area contributed by atoms with Crippen molar-refractivity contribution in [1.82, 2.24) is 19.9 Å². The van der Waals surface area contributed by atoms with Crippen LogP contribution in [0.4, 0.5) is 24.3 Å². The van der Waals surface area contributed by atoms with Gasteiger partial charge in [-0.3, -0.25) is 9.69 Å². The van der Waals surface area contributed by atoms with E-state index in [1.54, 1.807) is 12.1 Å². The molecule has 0 bridgehead atoms. The third-order valence-electron chi connectivity index (χ3n) is 6.70. The first-order chi connectivity index (χ1) is 19.0. The molecule has 1 fully saturated rings. The minimum absolute atomic E-state index is 0.227. The fourth-order valence-corrected chi connectivity index (χ4v) is 5.76. The second-order valence-electron chi connectivity index (χ2n) is 10.00. The molecule has 40 heavy (non-hydrogen) atoms. The standard InChI is InChI=1S/C28H29F3N6O2S/c1-16(2)37-13-12-36(15-17(37)3)26-33-21(19-8-10-20(11-9-19)28(29,30)31)14-24(34-26)39-22-6-5-7-23-25(22)35-27(40-23)32-18(4)38/h5-11,14,16-17H,12-13,15H2,1-4H3,(H,32,35,38). The Bertz CT molecular complexity index is 1520. The zero-order valence-corrected chi connectivity index (χ0v) is 23.3. The fourth-order valence-electron chi connectivity index (χ4n) is 4.83. The number of hydrogen-bond donors (Lipinski definition) is 1. The second-order valence-corrected chi connectivity index (χ2v) is 11.0. The minimum atomic E-state index is -4.43. The van der Waals surface area contributed by atoms with Gasteiger partial charge in [0, 0.05) is 50.3 Å². The van der Waals surface area contributed by atoms with Gasteiger partial charge in [0.1, 0.15) is 5.52 Å². The molecule has 5 rings (SSSR count). The van der Waals surface area contributed by atoms with Gasteiger partial charge in [-0.1, -0.05) is 29.5 Å². The Morgan fingerprint density at radius 3 is 2.50 bits per heavy atom. The largest absolute Gasteiger partial charge is 0.437 e. The van der Waals surface area contributed by atoms with Gasteiger partial charge < -0.3 is 15.0 Å². The van der Waals surface area contributed by atoms with Crippen LogP contribution < -0.4 is 15.0 Å². The van der Waals surface area contributed by atoms with Gasteiger partial charge >= 0.3 is 6.18 Å². The highest BCUT2D eigenvalue weighted by Gasteiger charge is 2.30. The molecule has 1 aliphatic rings. The number of piperazine rings is 1. The van der Waals surface area contributed by atoms with E-state index in [1.807, 2.05) is 12.1 Å². The van der Waals surface area contributed by atoms with Gasteiger partial charge in [-0.15, -0.1) is 0 Å². The lowest BCUT2D eigenvalue weighted by atomic mass is 10.1. The van der Waals surface area contributed by atoms with Crippen LogP contribution in [0.1, 0.15) is 33.3 Å². The van der Waals surface area contributed by atoms with E-state index in [2.05, 4.69) is 40.9 Å². The number of aromatic nitrogens is 3. The zero-order chi connectivity index (χ0) is 28.6. The number of hydrogen-bond acceptors (Lipinski definition) is 8. The lowest BCUT2D eigenvalue weighted by Crippen LogP contribution is -2.54. The molecule has 1 saturated heterocycles. The molecule has 0 aliphatic carbocycles. The summed E-state index contributed by atoms with van der Waals surface area (Å²) >= 11 is 1.32. The van der Waals surface area contributed by atoms with Crippen molar-refractivity contribution in [1.29, 1.82) is 0 Å². The summed E-state index contributed by atoms with van der Waals surface area (Å²) in [4.78, 5) is 29.9. The number of nitrogens with one attached hydrogen (secondary N) is 1. The maximum atomic E-state index is 13.2. The number of carbonyl (C=O) groups is 1. The van der Waals surface area contributed by atoms with Crippen LogP contribution in [-0.2, 0) is 11.0 Å². The van der Waals surface area contributed by atoms with Crippen LogP contribution in [0.2, 0.25) is 0 Å². The van der Waals surface area contributed by atoms with Crippen molar-refractivity contribution in [2.75, 3.05) is 29.9 Å². The molecule has 2 aromatic carbocycles. The maximum Gasteiger partial charge on any atom is 0.416 e. The van der Waals surface area contributed by atoms with Gasteiger partial charge in [-0.25, -0.2) is 9.97 Å². The molecule has 1 atom stereocenters. The number of alkyl halides is 3. The summed E-state index contributed by atoms with van der Waals surface area (Å²) in [6.45, 7) is 10.1. The van der Waals surface area contributed by atoms with Crippen LogP contribution in [0.15, 0.2) is 48.5 Å². The maximum absolute atomic E-state index is 13.2. The lowest BCUT2D eigenvalue weighted by Gasteiger charge is -2.42. The number of fused-ring (bicyclic) bond motifs is 1. The average molecular weight is 571 g/mol. The molecule has 0 saturated carbocycles. The van der Waals surface area contributed by atoms with Crippen molar-refractivity contribution in [3.05, 3.63) is 54.1 Å². The van der Waals surface area contributed by atoms with Gasteiger partial charge in [-0.2, -0.15) is 18.2 Å². The van der Waals surface area contributed by atoms with Crippen LogP contribution in [0.25, 0.3) is 21.5 Å². The molecule has 8 nitrogen and oxygen atoms in total. The number of benzene rings is 2. The smallest absolute Gasteiger partial charge is 0.416 e. The molecule has 4 aromatic rings. The molecule has 1 amide bonds. The van der Waals surface area contributed by atoms with Crippen molar-refractivity contribution in [2.24, 2.45) is 0 Å². The lowest BCUT2D eigenvalue weighted by molar-refractivity contribution is -0.137. The topological polar surface area (TPSA) is 83.5 Å². The number of carbonyl (C=O) groups excluding carboxylic acids is 1. The predicted molar refractivity (Wildman–Crippen MR) is 150 cm³/mol. The summed E-state index contributed by atoms with van der Waals surface area (Å²) in [5, 5.41) is 3.14. The van der Waals surface area contributed by atoms with Gasteiger partial charge in [0.15, 0.2) is 10.9 Å². The van der Waals surface area contributed by atoms with Crippen molar-refractivity contribution in [2.45, 2.75) is 46.0 Å². The molecule has 1 N–H and O–H groups in total. The van der Waals surface area contributed by atoms with Crippen molar-refractivity contribution in [3.8, 4) is 22.9 Å². The first kappa shape index (κ1) is 27.8. The molecular weight excluding hydrogens is 541 g/mol. The summed E-state index contributed by atoms with van der Waals surface area (Å²) in [6.07, 6.45) is -4.43. The van der Waals surface area contributed by atoms with E-state index in [0.29, 0.717) is 52.7 Å². The van der Waals surface area contributed by atoms with Crippen molar-refractivity contribution < 1.29 is 22.7 Å². The third kappa shape index (κ3) is 6.02. The highest BCUT2D eigenvalue weighted by atomic mass is 32.1. The Balaban J connectivity index is 1.53. The quantitative estimate of drug-likeness (QED) is 0.286. The highest BCUT2D eigenvalue weighted by Crippen LogP contribution is 2.36. The van der Waals surface area contributed by atoms with E-state index in [4.69, 9.17) is 14.7 Å². The SMILES string of the molecule is CC(=O)Nc1nc2c(Oc3cc(-c4ccc(C(F)(F)F)cc4)nc(N4CCN(C(C)C)C(C)C4)n3)cccc2s1. The minimum Gasteiger partial charge on any atom is -0.437 e. The third-order valence-corrected chi connectivity index (χ3v) is 7.64. The van der Waals surface area contributed by atoms with Crippen LogP contribution in [0.3, 0.4) is 0 Å². The molecule has 12 heteroatoms. The number of anilines is 2. The van der Waals surface area contributed by atoms with E-state index in [1.165, 1.54) is 30.4 Å². The first-order valence-corrected chi connectivity index (χ1v) is 13.7. The van der Waals surface area contributed by atoms with E-state index < -0.39 is 11.7 Å². The normalized spacial score (nSPS) is 16.5. The Morgan fingerprint density at radius 1 is 1.10 bits per heavy atom. The van der Waals surface area contributed by atoms with Crippen LogP contribution >= 0.6 is 11.3 Å². The Hall–Kier alpha value is -3.77.